The molecule has 0 aliphatic rings. The van der Waals surface area contributed by atoms with Crippen molar-refractivity contribution in [2.45, 2.75) is 6.10 Å². The van der Waals surface area contributed by atoms with Crippen molar-refractivity contribution < 1.29 is 18.7 Å². The van der Waals surface area contributed by atoms with Gasteiger partial charge in [-0.25, -0.2) is 13.8 Å². The quantitative estimate of drug-likeness (QED) is 0.611. The maximum Gasteiger partial charge on any atom is 0.259 e. The summed E-state index contributed by atoms with van der Waals surface area (Å²) in [6, 6.07) is 6.40. The minimum Gasteiger partial charge on any atom is -0.386 e. The van der Waals surface area contributed by atoms with Gasteiger partial charge in [0.05, 0.1) is 11.1 Å². The number of nitrogens with one attached hydrogen (secondary N) is 2. The number of hydrogen-bond acceptors (Lipinski definition) is 7. The molecule has 0 bridgehead atoms. The number of carbonyl (C=O) groups excluding carboxylic acids is 1. The number of pyridine rings is 1. The minimum absolute atomic E-state index is 0.152. The van der Waals surface area contributed by atoms with Crippen LogP contribution in [0, 0.1) is 11.6 Å². The van der Waals surface area contributed by atoms with Gasteiger partial charge in [-0.1, -0.05) is 17.4 Å². The van der Waals surface area contributed by atoms with Crippen LogP contribution in [-0.2, 0) is 0 Å². The summed E-state index contributed by atoms with van der Waals surface area (Å²) >= 11 is 1.18. The number of carbonyl (C=O) groups is 1. The van der Waals surface area contributed by atoms with E-state index >= 15 is 0 Å². The normalized spacial score (nSPS) is 11.8. The Kier molecular flexibility index (Phi) is 5.44. The Hall–Kier alpha value is -2.98. The largest absolute Gasteiger partial charge is 0.386 e. The third-order valence-corrected chi connectivity index (χ3v) is 4.02. The number of halogens is 2. The minimum atomic E-state index is -1.39. The van der Waals surface area contributed by atoms with Crippen LogP contribution in [0.5, 0.6) is 0 Å². The lowest BCUT2D eigenvalue weighted by Gasteiger charge is -2.14. The Balaban J connectivity index is 1.60. The standard InChI is InChI=1S/C16H13F2N5O2S/c17-10-2-1-3-11(18)14(10)12(24)7-20-13-5-4-9(6-19-13)15(25)22-16-23-21-8-26-16/h1-6,8,12,24H,7H2,(H,19,20)(H,22,23,25). The molecule has 2 aromatic heterocycles. The second-order valence-electron chi connectivity index (χ2n) is 5.16. The van der Waals surface area contributed by atoms with Crippen molar-refractivity contribution in [3.05, 3.63) is 64.8 Å². The zero-order valence-electron chi connectivity index (χ0n) is 13.2. The maximum absolute atomic E-state index is 13.6. The van der Waals surface area contributed by atoms with Gasteiger partial charge in [0.25, 0.3) is 5.91 Å². The van der Waals surface area contributed by atoms with E-state index in [0.29, 0.717) is 16.5 Å². The molecule has 0 fully saturated rings. The number of aliphatic hydroxyl groups excluding tert-OH is 1. The molecular formula is C16H13F2N5O2S. The van der Waals surface area contributed by atoms with Crippen LogP contribution in [0.15, 0.2) is 42.0 Å². The molecule has 1 unspecified atom stereocenters. The van der Waals surface area contributed by atoms with E-state index in [4.69, 9.17) is 0 Å². The van der Waals surface area contributed by atoms with E-state index in [1.165, 1.54) is 41.2 Å². The predicted molar refractivity (Wildman–Crippen MR) is 91.9 cm³/mol. The fourth-order valence-corrected chi connectivity index (χ4v) is 2.60. The van der Waals surface area contributed by atoms with Gasteiger partial charge < -0.3 is 10.4 Å². The highest BCUT2D eigenvalue weighted by Gasteiger charge is 2.17. The number of benzene rings is 1. The van der Waals surface area contributed by atoms with Crippen molar-refractivity contribution >= 4 is 28.2 Å². The van der Waals surface area contributed by atoms with E-state index in [9.17, 15) is 18.7 Å². The van der Waals surface area contributed by atoms with Gasteiger partial charge >= 0.3 is 0 Å². The van der Waals surface area contributed by atoms with Crippen molar-refractivity contribution in [2.75, 3.05) is 17.2 Å². The van der Waals surface area contributed by atoms with Crippen LogP contribution >= 0.6 is 11.3 Å². The lowest BCUT2D eigenvalue weighted by atomic mass is 10.1. The van der Waals surface area contributed by atoms with Crippen molar-refractivity contribution in [1.29, 1.82) is 0 Å². The Morgan fingerprint density at radius 3 is 2.62 bits per heavy atom. The molecule has 0 radical (unpaired) electrons. The molecule has 1 atom stereocenters. The molecule has 7 nitrogen and oxygen atoms in total. The van der Waals surface area contributed by atoms with Crippen LogP contribution < -0.4 is 10.6 Å². The van der Waals surface area contributed by atoms with Crippen molar-refractivity contribution in [3.8, 4) is 0 Å². The molecule has 134 valence electrons. The first-order valence-corrected chi connectivity index (χ1v) is 8.32. The zero-order valence-corrected chi connectivity index (χ0v) is 14.0. The average molecular weight is 377 g/mol. The molecule has 26 heavy (non-hydrogen) atoms. The first-order chi connectivity index (χ1) is 12.5. The highest BCUT2D eigenvalue weighted by molar-refractivity contribution is 7.13. The first-order valence-electron chi connectivity index (χ1n) is 7.44. The summed E-state index contributed by atoms with van der Waals surface area (Å²) in [7, 11) is 0. The third-order valence-electron chi connectivity index (χ3n) is 3.42. The van der Waals surface area contributed by atoms with Gasteiger partial charge in [-0.3, -0.25) is 10.1 Å². The van der Waals surface area contributed by atoms with Gasteiger partial charge in [-0.15, -0.1) is 10.2 Å². The number of anilines is 2. The Labute approximate surface area is 150 Å². The summed E-state index contributed by atoms with van der Waals surface area (Å²) in [5.74, 6) is -1.70. The number of nitrogens with zero attached hydrogens (tertiary/aromatic N) is 3. The number of aliphatic hydroxyl groups is 1. The van der Waals surface area contributed by atoms with Gasteiger partial charge in [0, 0.05) is 12.7 Å². The Morgan fingerprint density at radius 2 is 2.00 bits per heavy atom. The summed E-state index contributed by atoms with van der Waals surface area (Å²) in [5, 5.41) is 23.0. The molecule has 2 heterocycles. The van der Waals surface area contributed by atoms with Crippen LogP contribution in [0.1, 0.15) is 22.0 Å². The summed E-state index contributed by atoms with van der Waals surface area (Å²) in [5.41, 5.74) is 1.38. The first kappa shape index (κ1) is 17.8. The van der Waals surface area contributed by atoms with Crippen LogP contribution in [0.4, 0.5) is 19.7 Å². The van der Waals surface area contributed by atoms with Crippen molar-refractivity contribution in [2.24, 2.45) is 0 Å². The maximum atomic E-state index is 13.6. The second-order valence-corrected chi connectivity index (χ2v) is 6.00. The molecule has 1 aromatic carbocycles. The molecule has 0 aliphatic carbocycles. The predicted octanol–water partition coefficient (Wildman–Crippen LogP) is 2.61. The Morgan fingerprint density at radius 1 is 1.23 bits per heavy atom. The topological polar surface area (TPSA) is 100 Å². The van der Waals surface area contributed by atoms with Gasteiger partial charge in [0.15, 0.2) is 0 Å². The molecular weight excluding hydrogens is 364 g/mol. The third kappa shape index (κ3) is 4.16. The molecule has 1 amide bonds. The molecule has 10 heteroatoms. The van der Waals surface area contributed by atoms with Crippen molar-refractivity contribution in [1.82, 2.24) is 15.2 Å². The van der Waals surface area contributed by atoms with Crippen LogP contribution in [-0.4, -0.2) is 32.7 Å². The summed E-state index contributed by atoms with van der Waals surface area (Å²) < 4.78 is 27.3. The van der Waals surface area contributed by atoms with E-state index in [0.717, 1.165) is 12.1 Å². The number of rotatable bonds is 6. The summed E-state index contributed by atoms with van der Waals surface area (Å²) in [6.45, 7) is -0.152. The summed E-state index contributed by atoms with van der Waals surface area (Å²) in [6.07, 6.45) is -0.0622. The SMILES string of the molecule is O=C(Nc1nncs1)c1ccc(NCC(O)c2c(F)cccc2F)nc1. The lowest BCUT2D eigenvalue weighted by molar-refractivity contribution is 0.102. The van der Waals surface area contributed by atoms with Crippen LogP contribution in [0.2, 0.25) is 0 Å². The molecule has 0 saturated heterocycles. The number of hydrogen-bond donors (Lipinski definition) is 3. The summed E-state index contributed by atoms with van der Waals surface area (Å²) in [4.78, 5) is 16.0. The van der Waals surface area contributed by atoms with Crippen LogP contribution in [0.25, 0.3) is 0 Å². The van der Waals surface area contributed by atoms with Gasteiger partial charge in [-0.2, -0.15) is 0 Å². The van der Waals surface area contributed by atoms with Gasteiger partial charge in [0.2, 0.25) is 5.13 Å². The fourth-order valence-electron chi connectivity index (χ4n) is 2.16. The highest BCUT2D eigenvalue weighted by Crippen LogP contribution is 2.21. The van der Waals surface area contributed by atoms with Crippen LogP contribution in [0.3, 0.4) is 0 Å². The Bertz CT molecular complexity index is 870. The lowest BCUT2D eigenvalue weighted by Crippen LogP contribution is -2.16. The second kappa shape index (κ2) is 7.93. The van der Waals surface area contributed by atoms with E-state index in [1.807, 2.05) is 0 Å². The van der Waals surface area contributed by atoms with E-state index < -0.39 is 29.2 Å². The van der Waals surface area contributed by atoms with Crippen molar-refractivity contribution in [3.63, 3.8) is 0 Å². The highest BCUT2D eigenvalue weighted by atomic mass is 32.1. The monoisotopic (exact) mass is 377 g/mol. The van der Waals surface area contributed by atoms with Gasteiger partial charge in [-0.05, 0) is 24.3 Å². The number of amides is 1. The molecule has 0 spiro atoms. The molecule has 0 saturated carbocycles. The average Bonchev–Trinajstić information content (AvgIpc) is 3.13. The zero-order chi connectivity index (χ0) is 18.5. The molecule has 3 aromatic rings. The molecule has 3 N–H and O–H groups in total. The molecule has 0 aliphatic heterocycles. The van der Waals surface area contributed by atoms with E-state index in [1.54, 1.807) is 0 Å². The molecule has 3 rings (SSSR count). The smallest absolute Gasteiger partial charge is 0.259 e. The fraction of sp³-hybridized carbons (Fsp3) is 0.125. The van der Waals surface area contributed by atoms with E-state index in [2.05, 4.69) is 25.8 Å². The van der Waals surface area contributed by atoms with E-state index in [-0.39, 0.29) is 6.54 Å². The van der Waals surface area contributed by atoms with Gasteiger partial charge in [0.1, 0.15) is 29.1 Å². The number of aromatic nitrogens is 3.